The molecular formula is C11H7BrN4O. The molecule has 0 saturated carbocycles. The van der Waals surface area contributed by atoms with Gasteiger partial charge in [-0.1, -0.05) is 12.1 Å². The molecule has 0 amide bonds. The number of nitrogens with zero attached hydrogens (tertiary/aromatic N) is 4. The molecule has 84 valence electrons. The summed E-state index contributed by atoms with van der Waals surface area (Å²) in [6.45, 7) is 0. The van der Waals surface area contributed by atoms with Crippen molar-refractivity contribution in [1.29, 1.82) is 0 Å². The first-order chi connectivity index (χ1) is 8.25. The van der Waals surface area contributed by atoms with Crippen molar-refractivity contribution in [3.63, 3.8) is 0 Å². The molecule has 5 nitrogen and oxygen atoms in total. The molecule has 0 aliphatic heterocycles. The Labute approximate surface area is 105 Å². The molecule has 0 aliphatic rings. The number of aromatic hydroxyl groups is 1. The van der Waals surface area contributed by atoms with Crippen molar-refractivity contribution in [1.82, 2.24) is 19.6 Å². The summed E-state index contributed by atoms with van der Waals surface area (Å²) in [6, 6.07) is 6.99. The highest BCUT2D eigenvalue weighted by Crippen LogP contribution is 2.27. The predicted molar refractivity (Wildman–Crippen MR) is 65.6 cm³/mol. The third kappa shape index (κ3) is 1.66. The maximum Gasteiger partial charge on any atom is 0.255 e. The fourth-order valence-electron chi connectivity index (χ4n) is 1.61. The smallest absolute Gasteiger partial charge is 0.255 e. The van der Waals surface area contributed by atoms with Crippen LogP contribution in [0.3, 0.4) is 0 Å². The minimum atomic E-state index is 0.168. The molecule has 0 saturated heterocycles. The highest BCUT2D eigenvalue weighted by Gasteiger charge is 2.12. The molecule has 3 aromatic rings. The molecule has 0 fully saturated rings. The molecule has 0 unspecified atom stereocenters. The number of para-hydroxylation sites is 1. The van der Waals surface area contributed by atoms with Gasteiger partial charge in [-0.15, -0.1) is 10.2 Å². The third-order valence-corrected chi connectivity index (χ3v) is 2.79. The van der Waals surface area contributed by atoms with E-state index in [0.29, 0.717) is 17.2 Å². The Morgan fingerprint density at radius 3 is 2.82 bits per heavy atom. The molecular weight excluding hydrogens is 284 g/mol. The van der Waals surface area contributed by atoms with Crippen LogP contribution in [0.2, 0.25) is 0 Å². The van der Waals surface area contributed by atoms with Crippen LogP contribution in [0.1, 0.15) is 0 Å². The Kier molecular flexibility index (Phi) is 2.29. The van der Waals surface area contributed by atoms with Gasteiger partial charge in [0, 0.05) is 12.4 Å². The minimum Gasteiger partial charge on any atom is -0.507 e. The van der Waals surface area contributed by atoms with Gasteiger partial charge in [-0.25, -0.2) is 4.98 Å². The predicted octanol–water partition coefficient (Wildman–Crippen LogP) is 2.26. The average Bonchev–Trinajstić information content (AvgIpc) is 2.72. The maximum absolute atomic E-state index is 9.80. The Morgan fingerprint density at radius 2 is 2.00 bits per heavy atom. The van der Waals surface area contributed by atoms with Gasteiger partial charge in [-0.3, -0.25) is 4.40 Å². The zero-order valence-electron chi connectivity index (χ0n) is 8.58. The van der Waals surface area contributed by atoms with Gasteiger partial charge in [0.15, 0.2) is 5.82 Å². The molecule has 0 aliphatic carbocycles. The van der Waals surface area contributed by atoms with Gasteiger partial charge in [-0.2, -0.15) is 0 Å². The normalized spacial score (nSPS) is 10.9. The molecule has 0 atom stereocenters. The summed E-state index contributed by atoms with van der Waals surface area (Å²) in [4.78, 5) is 4.12. The molecule has 0 spiro atoms. The summed E-state index contributed by atoms with van der Waals surface area (Å²) in [7, 11) is 0. The SMILES string of the molecule is Oc1ccccc1-c1nnc2ncc(Br)cn12. The standard InChI is InChI=1S/C11H7BrN4O/c12-7-5-13-11-15-14-10(16(11)6-7)8-3-1-2-4-9(8)17/h1-6,17H. The summed E-state index contributed by atoms with van der Waals surface area (Å²) >= 11 is 3.34. The first-order valence-corrected chi connectivity index (χ1v) is 5.69. The van der Waals surface area contributed by atoms with E-state index in [4.69, 9.17) is 0 Å². The van der Waals surface area contributed by atoms with E-state index in [1.54, 1.807) is 28.8 Å². The number of fused-ring (bicyclic) bond motifs is 1. The van der Waals surface area contributed by atoms with E-state index < -0.39 is 0 Å². The number of phenolic OH excluding ortho intramolecular Hbond substituents is 1. The number of aromatic nitrogens is 4. The van der Waals surface area contributed by atoms with Gasteiger partial charge >= 0.3 is 0 Å². The molecule has 1 aromatic carbocycles. The van der Waals surface area contributed by atoms with Crippen molar-refractivity contribution in [3.05, 3.63) is 41.1 Å². The quantitative estimate of drug-likeness (QED) is 0.747. The Morgan fingerprint density at radius 1 is 1.18 bits per heavy atom. The summed E-state index contributed by atoms with van der Waals surface area (Å²) in [5.41, 5.74) is 0.625. The Hall–Kier alpha value is -1.95. The van der Waals surface area contributed by atoms with Crippen molar-refractivity contribution >= 4 is 21.7 Å². The zero-order valence-corrected chi connectivity index (χ0v) is 10.2. The number of rotatable bonds is 1. The van der Waals surface area contributed by atoms with E-state index in [9.17, 15) is 5.11 Å². The lowest BCUT2D eigenvalue weighted by Gasteiger charge is -2.02. The lowest BCUT2D eigenvalue weighted by Crippen LogP contribution is -1.91. The van der Waals surface area contributed by atoms with E-state index >= 15 is 0 Å². The van der Waals surface area contributed by atoms with Gasteiger partial charge in [0.1, 0.15) is 5.75 Å². The molecule has 1 N–H and O–H groups in total. The number of benzene rings is 1. The van der Waals surface area contributed by atoms with Crippen LogP contribution in [0, 0.1) is 0 Å². The summed E-state index contributed by atoms with van der Waals surface area (Å²) < 4.78 is 2.54. The van der Waals surface area contributed by atoms with Crippen molar-refractivity contribution in [2.75, 3.05) is 0 Å². The van der Waals surface area contributed by atoms with Crippen LogP contribution in [0.25, 0.3) is 17.2 Å². The van der Waals surface area contributed by atoms with Gasteiger partial charge < -0.3 is 5.11 Å². The largest absolute Gasteiger partial charge is 0.507 e. The van der Waals surface area contributed by atoms with Crippen molar-refractivity contribution < 1.29 is 5.11 Å². The van der Waals surface area contributed by atoms with Gasteiger partial charge in [0.2, 0.25) is 0 Å². The highest BCUT2D eigenvalue weighted by atomic mass is 79.9. The molecule has 2 aromatic heterocycles. The molecule has 2 heterocycles. The Bertz CT molecular complexity index is 695. The minimum absolute atomic E-state index is 0.168. The van der Waals surface area contributed by atoms with Crippen LogP contribution in [0.5, 0.6) is 5.75 Å². The lowest BCUT2D eigenvalue weighted by atomic mass is 10.2. The van der Waals surface area contributed by atoms with E-state index in [2.05, 4.69) is 31.1 Å². The van der Waals surface area contributed by atoms with Crippen LogP contribution in [-0.4, -0.2) is 24.7 Å². The van der Waals surface area contributed by atoms with Gasteiger partial charge in [-0.05, 0) is 28.1 Å². The van der Waals surface area contributed by atoms with Crippen LogP contribution in [0.15, 0.2) is 41.1 Å². The van der Waals surface area contributed by atoms with Gasteiger partial charge in [0.25, 0.3) is 5.78 Å². The lowest BCUT2D eigenvalue weighted by molar-refractivity contribution is 0.477. The zero-order chi connectivity index (χ0) is 11.8. The number of hydrogen-bond acceptors (Lipinski definition) is 4. The summed E-state index contributed by atoms with van der Waals surface area (Å²) in [5.74, 6) is 1.22. The second-order valence-corrected chi connectivity index (χ2v) is 4.40. The summed E-state index contributed by atoms with van der Waals surface area (Å²) in [6.07, 6.45) is 3.46. The third-order valence-electron chi connectivity index (χ3n) is 2.38. The van der Waals surface area contributed by atoms with E-state index in [1.165, 1.54) is 0 Å². The number of hydrogen-bond donors (Lipinski definition) is 1. The second-order valence-electron chi connectivity index (χ2n) is 3.48. The van der Waals surface area contributed by atoms with Crippen LogP contribution in [-0.2, 0) is 0 Å². The molecule has 3 rings (SSSR count). The van der Waals surface area contributed by atoms with Crippen LogP contribution in [0.4, 0.5) is 0 Å². The van der Waals surface area contributed by atoms with Gasteiger partial charge in [0.05, 0.1) is 10.0 Å². The molecule has 0 bridgehead atoms. The monoisotopic (exact) mass is 290 g/mol. The highest BCUT2D eigenvalue weighted by molar-refractivity contribution is 9.10. The van der Waals surface area contributed by atoms with Crippen molar-refractivity contribution in [2.45, 2.75) is 0 Å². The molecule has 6 heteroatoms. The fourth-order valence-corrected chi connectivity index (χ4v) is 1.92. The number of halogens is 1. The first kappa shape index (κ1) is 10.2. The first-order valence-electron chi connectivity index (χ1n) is 4.90. The number of phenols is 1. The topological polar surface area (TPSA) is 63.3 Å². The Balaban J connectivity index is 2.31. The maximum atomic E-state index is 9.80. The molecule has 0 radical (unpaired) electrons. The van der Waals surface area contributed by atoms with E-state index in [1.807, 2.05) is 12.3 Å². The van der Waals surface area contributed by atoms with Crippen LogP contribution >= 0.6 is 15.9 Å². The second kappa shape index (κ2) is 3.81. The van der Waals surface area contributed by atoms with E-state index in [-0.39, 0.29) is 5.75 Å². The fraction of sp³-hybridized carbons (Fsp3) is 0. The van der Waals surface area contributed by atoms with Crippen LogP contribution < -0.4 is 0 Å². The summed E-state index contributed by atoms with van der Waals surface area (Å²) in [5, 5.41) is 17.8. The molecule has 17 heavy (non-hydrogen) atoms. The van der Waals surface area contributed by atoms with Crippen molar-refractivity contribution in [2.24, 2.45) is 0 Å². The van der Waals surface area contributed by atoms with Crippen molar-refractivity contribution in [3.8, 4) is 17.1 Å². The average molecular weight is 291 g/mol. The van der Waals surface area contributed by atoms with E-state index in [0.717, 1.165) is 4.47 Å².